The Morgan fingerprint density at radius 3 is 1.77 bits per heavy atom. The highest BCUT2D eigenvalue weighted by Crippen LogP contribution is 2.38. The Hall–Kier alpha value is -2.63. The molecule has 0 saturated heterocycles. The zero-order chi connectivity index (χ0) is 42.5. The van der Waals surface area contributed by atoms with Crippen LogP contribution in [-0.4, -0.2) is 92.5 Å². The lowest BCUT2D eigenvalue weighted by atomic mass is 10.0. The van der Waals surface area contributed by atoms with Gasteiger partial charge in [-0.3, -0.25) is 14.2 Å². The number of phosphoric ester groups is 1. The molecular weight excluding hydrogens is 745 g/mol. The molecule has 4 atom stereocenters. The summed E-state index contributed by atoms with van der Waals surface area (Å²) in [5, 5.41) is 20.0. The van der Waals surface area contributed by atoms with E-state index in [0.29, 0.717) is 43.1 Å². The summed E-state index contributed by atoms with van der Waals surface area (Å²) >= 11 is 0. The molecule has 12 heteroatoms. The Morgan fingerprint density at radius 1 is 0.667 bits per heavy atom. The van der Waals surface area contributed by atoms with E-state index in [1.165, 1.54) is 51.4 Å². The van der Waals surface area contributed by atoms with Gasteiger partial charge in [-0.25, -0.2) is 0 Å². The van der Waals surface area contributed by atoms with E-state index in [1.807, 2.05) is 64.5 Å². The molecule has 0 aliphatic rings. The fraction of sp³-hybridized carbons (Fsp3) is 0.689. The fourth-order valence-electron chi connectivity index (χ4n) is 5.27. The molecule has 0 spiro atoms. The molecule has 2 N–H and O–H groups in total. The number of unbranched alkanes of at least 4 members (excludes halogenated alkanes) is 11. The van der Waals surface area contributed by atoms with Gasteiger partial charge in [-0.15, -0.1) is 0 Å². The molecular formula is C45H78NO10P. The zero-order valence-corrected chi connectivity index (χ0v) is 36.9. The van der Waals surface area contributed by atoms with Crippen LogP contribution in [0.2, 0.25) is 0 Å². The molecule has 0 bridgehead atoms. The third-order valence-electron chi connectivity index (χ3n) is 8.67. The SMILES string of the molecule is CC/C=C\C[C@H](O)/C=C/C=C\C=C\[C@H](O)C/C=C\C/C=C\CCC(=O)O[C@H](COC(=O)CCCCCCCCCCCCCC)COP(=O)([O-])OCC[N+](C)(C)C. The molecule has 0 aromatic heterocycles. The van der Waals surface area contributed by atoms with Crippen molar-refractivity contribution < 1.29 is 52.3 Å². The highest BCUT2D eigenvalue weighted by molar-refractivity contribution is 7.45. The van der Waals surface area contributed by atoms with Crippen LogP contribution in [0.3, 0.4) is 0 Å². The van der Waals surface area contributed by atoms with Crippen molar-refractivity contribution in [1.82, 2.24) is 0 Å². The topological polar surface area (TPSA) is 152 Å². The minimum atomic E-state index is -4.67. The van der Waals surface area contributed by atoms with Crippen molar-refractivity contribution in [2.75, 3.05) is 47.5 Å². The Labute approximate surface area is 345 Å². The number of rotatable bonds is 37. The maximum absolute atomic E-state index is 12.6. The Bertz CT molecular complexity index is 1240. The molecule has 1 unspecified atom stereocenters. The van der Waals surface area contributed by atoms with Crippen LogP contribution in [0.5, 0.6) is 0 Å². The summed E-state index contributed by atoms with van der Waals surface area (Å²) in [6, 6.07) is 0. The van der Waals surface area contributed by atoms with E-state index in [2.05, 4.69) is 6.92 Å². The lowest BCUT2D eigenvalue weighted by molar-refractivity contribution is -0.870. The van der Waals surface area contributed by atoms with E-state index in [1.54, 1.807) is 36.5 Å². The van der Waals surface area contributed by atoms with Crippen molar-refractivity contribution >= 4 is 19.8 Å². The number of nitrogens with zero attached hydrogens (tertiary/aromatic N) is 1. The normalized spacial score (nSPS) is 15.4. The third-order valence-corrected chi connectivity index (χ3v) is 9.63. The number of quaternary nitrogens is 1. The first-order valence-corrected chi connectivity index (χ1v) is 22.8. The maximum atomic E-state index is 12.6. The highest BCUT2D eigenvalue weighted by Gasteiger charge is 2.21. The lowest BCUT2D eigenvalue weighted by Gasteiger charge is -2.28. The summed E-state index contributed by atoms with van der Waals surface area (Å²) in [6.07, 6.45) is 37.2. The van der Waals surface area contributed by atoms with Gasteiger partial charge in [0.1, 0.15) is 19.8 Å². The van der Waals surface area contributed by atoms with Gasteiger partial charge in [0, 0.05) is 12.8 Å². The minimum absolute atomic E-state index is 0.0413. The minimum Gasteiger partial charge on any atom is -0.756 e. The van der Waals surface area contributed by atoms with Crippen molar-refractivity contribution in [3.63, 3.8) is 0 Å². The standard InChI is InChI=1S/C45H78NO10P/c1-6-8-10-11-12-13-14-15-16-17-21-29-35-44(49)53-39-43(40-55-57(51,52)54-38-37-46(3,4)5)56-45(50)36-30-22-19-18-20-26-32-42(48)34-28-24-23-27-33-41(47)31-25-9-7-2/h9,19-20,22-28,33-34,41-43,47-48H,6-8,10-18,21,29-32,35-40H2,1-5H3/b22-19-,24-23-,25-9-,26-20-,33-27+,34-28+/t41-,42+,43+/m0/s1. The molecule has 0 aliphatic heterocycles. The van der Waals surface area contributed by atoms with E-state index in [9.17, 15) is 29.3 Å². The molecule has 0 heterocycles. The van der Waals surface area contributed by atoms with Crippen LogP contribution in [0.1, 0.15) is 136 Å². The van der Waals surface area contributed by atoms with Gasteiger partial charge < -0.3 is 38.1 Å². The quantitative estimate of drug-likeness (QED) is 0.0155. The van der Waals surface area contributed by atoms with Crippen LogP contribution in [-0.2, 0) is 32.7 Å². The molecule has 0 radical (unpaired) electrons. The number of phosphoric acid groups is 1. The number of carbonyl (C=O) groups is 2. The van der Waals surface area contributed by atoms with E-state index < -0.39 is 44.7 Å². The van der Waals surface area contributed by atoms with Gasteiger partial charge in [-0.05, 0) is 38.5 Å². The average molecular weight is 824 g/mol. The predicted octanol–water partition coefficient (Wildman–Crippen LogP) is 9.16. The van der Waals surface area contributed by atoms with E-state index in [0.717, 1.165) is 25.7 Å². The molecule has 11 nitrogen and oxygen atoms in total. The molecule has 0 aromatic rings. The van der Waals surface area contributed by atoms with Crippen molar-refractivity contribution in [1.29, 1.82) is 0 Å². The molecule has 0 saturated carbocycles. The van der Waals surface area contributed by atoms with Crippen LogP contribution in [0.25, 0.3) is 0 Å². The second-order valence-electron chi connectivity index (χ2n) is 15.4. The predicted molar refractivity (Wildman–Crippen MR) is 229 cm³/mol. The summed E-state index contributed by atoms with van der Waals surface area (Å²) in [4.78, 5) is 37.4. The number of aliphatic hydroxyl groups is 2. The maximum Gasteiger partial charge on any atom is 0.306 e. The van der Waals surface area contributed by atoms with Crippen molar-refractivity contribution in [3.05, 3.63) is 72.9 Å². The fourth-order valence-corrected chi connectivity index (χ4v) is 5.99. The number of ether oxygens (including phenoxy) is 2. The van der Waals surface area contributed by atoms with Gasteiger partial charge in [0.2, 0.25) is 0 Å². The zero-order valence-electron chi connectivity index (χ0n) is 36.0. The molecule has 328 valence electrons. The van der Waals surface area contributed by atoms with E-state index >= 15 is 0 Å². The molecule has 57 heavy (non-hydrogen) atoms. The van der Waals surface area contributed by atoms with Gasteiger partial charge in [0.05, 0.1) is 40.0 Å². The summed E-state index contributed by atoms with van der Waals surface area (Å²) in [6.45, 7) is 3.80. The van der Waals surface area contributed by atoms with Crippen molar-refractivity contribution in [2.24, 2.45) is 0 Å². The molecule has 0 aromatic carbocycles. The van der Waals surface area contributed by atoms with E-state index in [4.69, 9.17) is 18.5 Å². The summed E-state index contributed by atoms with van der Waals surface area (Å²) in [5.41, 5.74) is 0. The van der Waals surface area contributed by atoms with Crippen LogP contribution < -0.4 is 4.89 Å². The average Bonchev–Trinajstić information content (AvgIpc) is 3.15. The summed E-state index contributed by atoms with van der Waals surface area (Å²) in [5.74, 6) is -1.01. The first-order chi connectivity index (χ1) is 27.3. The Morgan fingerprint density at radius 2 is 1.21 bits per heavy atom. The number of hydrogen-bond donors (Lipinski definition) is 2. The smallest absolute Gasteiger partial charge is 0.306 e. The largest absolute Gasteiger partial charge is 0.756 e. The van der Waals surface area contributed by atoms with Gasteiger partial charge in [0.15, 0.2) is 6.10 Å². The highest BCUT2D eigenvalue weighted by atomic mass is 31.2. The number of allylic oxidation sites excluding steroid dienone is 8. The third kappa shape index (κ3) is 40.0. The number of hydrogen-bond acceptors (Lipinski definition) is 10. The summed E-state index contributed by atoms with van der Waals surface area (Å²) in [7, 11) is 1.04. The van der Waals surface area contributed by atoms with Gasteiger partial charge in [-0.2, -0.15) is 0 Å². The Kier molecular flexibility index (Phi) is 34.8. The van der Waals surface area contributed by atoms with Crippen LogP contribution in [0.15, 0.2) is 72.9 Å². The number of likely N-dealkylation sites (N-methyl/N-ethyl adjacent to an activating group) is 1. The monoisotopic (exact) mass is 824 g/mol. The molecule has 0 aliphatic carbocycles. The van der Waals surface area contributed by atoms with E-state index in [-0.39, 0.29) is 26.1 Å². The van der Waals surface area contributed by atoms with Crippen molar-refractivity contribution in [2.45, 2.75) is 154 Å². The number of aliphatic hydroxyl groups excluding tert-OH is 2. The van der Waals surface area contributed by atoms with Crippen LogP contribution >= 0.6 is 7.82 Å². The molecule has 0 amide bonds. The molecule has 0 fully saturated rings. The summed E-state index contributed by atoms with van der Waals surface area (Å²) < 4.78 is 33.7. The van der Waals surface area contributed by atoms with Gasteiger partial charge in [0.25, 0.3) is 7.82 Å². The first kappa shape index (κ1) is 54.4. The second kappa shape index (κ2) is 36.4. The Balaban J connectivity index is 4.64. The molecule has 0 rings (SSSR count). The number of esters is 2. The van der Waals surface area contributed by atoms with Crippen LogP contribution in [0.4, 0.5) is 0 Å². The van der Waals surface area contributed by atoms with Gasteiger partial charge in [-0.1, -0.05) is 157 Å². The number of carbonyl (C=O) groups excluding carboxylic acids is 2. The second-order valence-corrected chi connectivity index (χ2v) is 16.8. The lowest BCUT2D eigenvalue weighted by Crippen LogP contribution is -2.37. The van der Waals surface area contributed by atoms with Gasteiger partial charge >= 0.3 is 11.9 Å². The first-order valence-electron chi connectivity index (χ1n) is 21.4. The van der Waals surface area contributed by atoms with Crippen molar-refractivity contribution in [3.8, 4) is 0 Å². The van der Waals surface area contributed by atoms with Crippen LogP contribution in [0, 0.1) is 0 Å².